The standard InChI is InChI=1S/C12H24N2O2/c1-3-8(2)11(13)12(16)14-9-6-4-5-7-10(9)15/h8-11,15H,3-7,13H2,1-2H3,(H,14,16). The zero-order valence-electron chi connectivity index (χ0n) is 10.3. The van der Waals surface area contributed by atoms with Gasteiger partial charge in [-0.1, -0.05) is 33.1 Å². The third-order valence-electron chi connectivity index (χ3n) is 3.62. The molecule has 0 radical (unpaired) electrons. The summed E-state index contributed by atoms with van der Waals surface area (Å²) in [7, 11) is 0. The average molecular weight is 228 g/mol. The van der Waals surface area contributed by atoms with Crippen molar-refractivity contribution in [1.82, 2.24) is 5.32 Å². The normalized spacial score (nSPS) is 29.5. The lowest BCUT2D eigenvalue weighted by Crippen LogP contribution is -2.52. The van der Waals surface area contributed by atoms with E-state index < -0.39 is 12.1 Å². The Balaban J connectivity index is 2.43. The van der Waals surface area contributed by atoms with E-state index in [1.807, 2.05) is 13.8 Å². The predicted molar refractivity (Wildman–Crippen MR) is 63.8 cm³/mol. The Labute approximate surface area is 97.6 Å². The molecule has 4 unspecified atom stereocenters. The summed E-state index contributed by atoms with van der Waals surface area (Å²) in [5, 5.41) is 12.6. The Morgan fingerprint density at radius 1 is 1.50 bits per heavy atom. The molecule has 1 rings (SSSR count). The van der Waals surface area contributed by atoms with E-state index in [0.717, 1.165) is 32.1 Å². The first-order valence-electron chi connectivity index (χ1n) is 6.30. The van der Waals surface area contributed by atoms with Crippen LogP contribution in [0.25, 0.3) is 0 Å². The molecule has 1 fully saturated rings. The highest BCUT2D eigenvalue weighted by Crippen LogP contribution is 2.18. The van der Waals surface area contributed by atoms with Crippen molar-refractivity contribution in [2.45, 2.75) is 64.1 Å². The molecule has 4 heteroatoms. The SMILES string of the molecule is CCC(C)C(N)C(=O)NC1CCCCC1O. The molecule has 4 nitrogen and oxygen atoms in total. The molecule has 0 heterocycles. The summed E-state index contributed by atoms with van der Waals surface area (Å²) >= 11 is 0. The van der Waals surface area contributed by atoms with Gasteiger partial charge in [0.15, 0.2) is 0 Å². The fourth-order valence-corrected chi connectivity index (χ4v) is 2.07. The van der Waals surface area contributed by atoms with E-state index in [9.17, 15) is 9.90 Å². The molecule has 1 saturated carbocycles. The molecule has 4 atom stereocenters. The number of carbonyl (C=O) groups excluding carboxylic acids is 1. The Morgan fingerprint density at radius 3 is 2.69 bits per heavy atom. The van der Waals surface area contributed by atoms with Gasteiger partial charge in [0, 0.05) is 0 Å². The lowest BCUT2D eigenvalue weighted by Gasteiger charge is -2.30. The molecule has 4 N–H and O–H groups in total. The van der Waals surface area contributed by atoms with Crippen LogP contribution in [0.2, 0.25) is 0 Å². The summed E-state index contributed by atoms with van der Waals surface area (Å²) in [6, 6.07) is -0.560. The Kier molecular flexibility index (Phi) is 5.22. The smallest absolute Gasteiger partial charge is 0.237 e. The van der Waals surface area contributed by atoms with Gasteiger partial charge < -0.3 is 16.2 Å². The van der Waals surface area contributed by atoms with Gasteiger partial charge in [-0.25, -0.2) is 0 Å². The second-order valence-electron chi connectivity index (χ2n) is 4.88. The first kappa shape index (κ1) is 13.5. The zero-order valence-corrected chi connectivity index (χ0v) is 10.3. The minimum atomic E-state index is -0.459. The van der Waals surface area contributed by atoms with Gasteiger partial charge in [0.1, 0.15) is 0 Å². The van der Waals surface area contributed by atoms with Crippen LogP contribution in [-0.2, 0) is 4.79 Å². The van der Waals surface area contributed by atoms with Crippen LogP contribution in [-0.4, -0.2) is 29.2 Å². The van der Waals surface area contributed by atoms with Gasteiger partial charge in [-0.05, 0) is 18.8 Å². The molecule has 0 aromatic rings. The van der Waals surface area contributed by atoms with Gasteiger partial charge in [-0.3, -0.25) is 4.79 Å². The van der Waals surface area contributed by atoms with E-state index in [2.05, 4.69) is 5.32 Å². The molecule has 0 aliphatic heterocycles. The van der Waals surface area contributed by atoms with Crippen molar-refractivity contribution in [3.8, 4) is 0 Å². The number of hydrogen-bond acceptors (Lipinski definition) is 3. The molecule has 1 aliphatic carbocycles. The molecular formula is C12H24N2O2. The Morgan fingerprint density at radius 2 is 2.12 bits per heavy atom. The van der Waals surface area contributed by atoms with E-state index in [4.69, 9.17) is 5.73 Å². The molecular weight excluding hydrogens is 204 g/mol. The molecule has 16 heavy (non-hydrogen) atoms. The maximum atomic E-state index is 11.8. The minimum absolute atomic E-state index is 0.101. The first-order chi connectivity index (χ1) is 7.56. The highest BCUT2D eigenvalue weighted by atomic mass is 16.3. The topological polar surface area (TPSA) is 75.4 Å². The summed E-state index contributed by atoms with van der Waals surface area (Å²) in [6.45, 7) is 3.99. The van der Waals surface area contributed by atoms with Crippen LogP contribution in [0.3, 0.4) is 0 Å². The van der Waals surface area contributed by atoms with E-state index in [-0.39, 0.29) is 17.9 Å². The Bertz CT molecular complexity index is 233. The van der Waals surface area contributed by atoms with Crippen molar-refractivity contribution in [1.29, 1.82) is 0 Å². The molecule has 1 aliphatic rings. The number of nitrogens with one attached hydrogen (secondary N) is 1. The number of hydrogen-bond donors (Lipinski definition) is 3. The van der Waals surface area contributed by atoms with Crippen molar-refractivity contribution in [2.75, 3.05) is 0 Å². The lowest BCUT2D eigenvalue weighted by molar-refractivity contribution is -0.125. The highest BCUT2D eigenvalue weighted by Gasteiger charge is 2.27. The van der Waals surface area contributed by atoms with Crippen molar-refractivity contribution in [3.63, 3.8) is 0 Å². The number of aliphatic hydroxyl groups excluding tert-OH is 1. The van der Waals surface area contributed by atoms with Gasteiger partial charge in [0.05, 0.1) is 18.2 Å². The first-order valence-corrected chi connectivity index (χ1v) is 6.30. The Hall–Kier alpha value is -0.610. The van der Waals surface area contributed by atoms with Crippen molar-refractivity contribution >= 4 is 5.91 Å². The summed E-state index contributed by atoms with van der Waals surface area (Å²) in [5.41, 5.74) is 5.84. The third-order valence-corrected chi connectivity index (χ3v) is 3.62. The quantitative estimate of drug-likeness (QED) is 0.665. The van der Waals surface area contributed by atoms with Gasteiger partial charge in [0.25, 0.3) is 0 Å². The lowest BCUT2D eigenvalue weighted by atomic mass is 9.91. The average Bonchev–Trinajstić information content (AvgIpc) is 2.30. The fraction of sp³-hybridized carbons (Fsp3) is 0.917. The minimum Gasteiger partial charge on any atom is -0.391 e. The summed E-state index contributed by atoms with van der Waals surface area (Å²) < 4.78 is 0. The molecule has 0 spiro atoms. The van der Waals surface area contributed by atoms with Crippen LogP contribution in [0.1, 0.15) is 46.0 Å². The number of rotatable bonds is 4. The maximum absolute atomic E-state index is 11.8. The largest absolute Gasteiger partial charge is 0.391 e. The molecule has 0 bridgehead atoms. The molecule has 0 saturated heterocycles. The van der Waals surface area contributed by atoms with E-state index in [1.54, 1.807) is 0 Å². The maximum Gasteiger partial charge on any atom is 0.237 e. The van der Waals surface area contributed by atoms with Crippen LogP contribution >= 0.6 is 0 Å². The fourth-order valence-electron chi connectivity index (χ4n) is 2.07. The second-order valence-corrected chi connectivity index (χ2v) is 4.88. The number of aliphatic hydroxyl groups is 1. The van der Waals surface area contributed by atoms with Crippen LogP contribution in [0.5, 0.6) is 0 Å². The molecule has 94 valence electrons. The number of carbonyl (C=O) groups is 1. The van der Waals surface area contributed by atoms with Gasteiger partial charge in [-0.2, -0.15) is 0 Å². The van der Waals surface area contributed by atoms with Crippen molar-refractivity contribution in [2.24, 2.45) is 11.7 Å². The van der Waals surface area contributed by atoms with Crippen molar-refractivity contribution < 1.29 is 9.90 Å². The number of nitrogens with two attached hydrogens (primary N) is 1. The van der Waals surface area contributed by atoms with Gasteiger partial charge in [-0.15, -0.1) is 0 Å². The zero-order chi connectivity index (χ0) is 12.1. The highest BCUT2D eigenvalue weighted by molar-refractivity contribution is 5.82. The van der Waals surface area contributed by atoms with E-state index >= 15 is 0 Å². The molecule has 0 aromatic carbocycles. The van der Waals surface area contributed by atoms with Crippen molar-refractivity contribution in [3.05, 3.63) is 0 Å². The number of amides is 1. The summed E-state index contributed by atoms with van der Waals surface area (Å²) in [5.74, 6) is 0.0565. The third kappa shape index (κ3) is 3.46. The second kappa shape index (κ2) is 6.21. The van der Waals surface area contributed by atoms with E-state index in [0.29, 0.717) is 0 Å². The van der Waals surface area contributed by atoms with Crippen LogP contribution < -0.4 is 11.1 Å². The van der Waals surface area contributed by atoms with Crippen LogP contribution in [0, 0.1) is 5.92 Å². The van der Waals surface area contributed by atoms with Gasteiger partial charge in [0.2, 0.25) is 5.91 Å². The van der Waals surface area contributed by atoms with E-state index in [1.165, 1.54) is 0 Å². The predicted octanol–water partition coefficient (Wildman–Crippen LogP) is 0.779. The van der Waals surface area contributed by atoms with Crippen LogP contribution in [0.4, 0.5) is 0 Å². The van der Waals surface area contributed by atoms with Crippen LogP contribution in [0.15, 0.2) is 0 Å². The molecule has 1 amide bonds. The summed E-state index contributed by atoms with van der Waals surface area (Å²) in [6.07, 6.45) is 4.25. The van der Waals surface area contributed by atoms with Gasteiger partial charge >= 0.3 is 0 Å². The monoisotopic (exact) mass is 228 g/mol. The summed E-state index contributed by atoms with van der Waals surface area (Å²) in [4.78, 5) is 11.8. The molecule has 0 aromatic heterocycles.